The number of ether oxygens (including phenoxy) is 1. The summed E-state index contributed by atoms with van der Waals surface area (Å²) in [6.45, 7) is 5.22. The second-order valence-corrected chi connectivity index (χ2v) is 9.56. The third-order valence-corrected chi connectivity index (χ3v) is 6.95. The Morgan fingerprint density at radius 1 is 0.969 bits per heavy atom. The van der Waals surface area contributed by atoms with Gasteiger partial charge in [0, 0.05) is 0 Å². The monoisotopic (exact) mass is 452 g/mol. The lowest BCUT2D eigenvalue weighted by Crippen LogP contribution is -2.41. The molecule has 1 N–H and O–H groups in total. The molecule has 0 fully saturated rings. The normalized spacial score (nSPS) is 12.1. The third-order valence-electron chi connectivity index (χ3n) is 5.18. The van der Waals surface area contributed by atoms with Crippen LogP contribution in [-0.2, 0) is 14.8 Å². The van der Waals surface area contributed by atoms with E-state index in [9.17, 15) is 13.2 Å². The smallest absolute Gasteiger partial charge is 0.264 e. The Morgan fingerprint density at radius 3 is 2.22 bits per heavy atom. The Bertz CT molecular complexity index is 1180. The van der Waals surface area contributed by atoms with Crippen LogP contribution in [0.4, 0.5) is 5.69 Å². The molecule has 0 heterocycles. The lowest BCUT2D eigenvalue weighted by Gasteiger charge is -2.27. The van der Waals surface area contributed by atoms with Gasteiger partial charge in [0.05, 0.1) is 23.7 Å². The number of anilines is 1. The van der Waals surface area contributed by atoms with Crippen LogP contribution in [0.2, 0.25) is 0 Å². The number of nitrogens with zero attached hydrogens (tertiary/aromatic N) is 1. The summed E-state index contributed by atoms with van der Waals surface area (Å²) in [5.41, 5.74) is 3.04. The Morgan fingerprint density at radius 2 is 1.59 bits per heavy atom. The van der Waals surface area contributed by atoms with Crippen LogP contribution in [0.1, 0.15) is 29.7 Å². The van der Waals surface area contributed by atoms with Gasteiger partial charge in [-0.25, -0.2) is 8.42 Å². The predicted octanol–water partition coefficient (Wildman–Crippen LogP) is 4.38. The van der Waals surface area contributed by atoms with Gasteiger partial charge in [0.2, 0.25) is 5.91 Å². The molecule has 0 aromatic heterocycles. The van der Waals surface area contributed by atoms with E-state index in [2.05, 4.69) is 5.32 Å². The summed E-state index contributed by atoms with van der Waals surface area (Å²) >= 11 is 0. The molecule has 0 radical (unpaired) electrons. The summed E-state index contributed by atoms with van der Waals surface area (Å²) in [7, 11) is -2.55. The first-order chi connectivity index (χ1) is 15.2. The highest BCUT2D eigenvalue weighted by Crippen LogP contribution is 2.33. The number of carbonyl (C=O) groups is 1. The molecule has 0 saturated carbocycles. The first kappa shape index (κ1) is 23.3. The van der Waals surface area contributed by atoms with E-state index in [0.717, 1.165) is 21.0 Å². The lowest BCUT2D eigenvalue weighted by molar-refractivity contribution is -0.120. The SMILES string of the molecule is COc1ccc(C)cc1N(CC(=O)N[C@H](C)c1ccccc1)S(=O)(=O)c1ccc(C)cc1. The van der Waals surface area contributed by atoms with Crippen molar-refractivity contribution in [2.75, 3.05) is 18.0 Å². The fourth-order valence-corrected chi connectivity index (χ4v) is 4.80. The van der Waals surface area contributed by atoms with Crippen molar-refractivity contribution in [2.45, 2.75) is 31.7 Å². The molecule has 1 atom stereocenters. The van der Waals surface area contributed by atoms with E-state index in [1.807, 2.05) is 57.2 Å². The van der Waals surface area contributed by atoms with Gasteiger partial charge in [-0.2, -0.15) is 0 Å². The van der Waals surface area contributed by atoms with Crippen molar-refractivity contribution < 1.29 is 17.9 Å². The molecule has 7 heteroatoms. The van der Waals surface area contributed by atoms with Crippen LogP contribution in [0.3, 0.4) is 0 Å². The predicted molar refractivity (Wildman–Crippen MR) is 126 cm³/mol. The van der Waals surface area contributed by atoms with Gasteiger partial charge in [-0.1, -0.05) is 54.1 Å². The number of hydrogen-bond acceptors (Lipinski definition) is 4. The largest absolute Gasteiger partial charge is 0.495 e. The van der Waals surface area contributed by atoms with E-state index in [1.165, 1.54) is 7.11 Å². The molecule has 0 aliphatic heterocycles. The number of carbonyl (C=O) groups excluding carboxylic acids is 1. The number of benzene rings is 3. The molecule has 3 aromatic rings. The van der Waals surface area contributed by atoms with Crippen LogP contribution in [0.15, 0.2) is 77.7 Å². The van der Waals surface area contributed by atoms with Gasteiger partial charge in [-0.05, 0) is 56.2 Å². The van der Waals surface area contributed by atoms with Crippen molar-refractivity contribution in [1.82, 2.24) is 5.32 Å². The molecule has 3 aromatic carbocycles. The molecule has 3 rings (SSSR count). The van der Waals surface area contributed by atoms with Crippen LogP contribution in [0, 0.1) is 13.8 Å². The molecule has 0 spiro atoms. The Hall–Kier alpha value is -3.32. The first-order valence-electron chi connectivity index (χ1n) is 10.3. The second-order valence-electron chi connectivity index (χ2n) is 7.70. The molecular weight excluding hydrogens is 424 g/mol. The average molecular weight is 453 g/mol. The molecule has 0 aliphatic carbocycles. The number of hydrogen-bond donors (Lipinski definition) is 1. The average Bonchev–Trinajstić information content (AvgIpc) is 2.78. The van der Waals surface area contributed by atoms with Gasteiger partial charge in [0.25, 0.3) is 10.0 Å². The van der Waals surface area contributed by atoms with E-state index < -0.39 is 15.9 Å². The zero-order valence-electron chi connectivity index (χ0n) is 18.7. The molecule has 32 heavy (non-hydrogen) atoms. The molecule has 6 nitrogen and oxygen atoms in total. The Kier molecular flexibility index (Phi) is 7.20. The first-order valence-corrected chi connectivity index (χ1v) is 11.7. The van der Waals surface area contributed by atoms with Gasteiger partial charge < -0.3 is 10.1 Å². The minimum atomic E-state index is -4.02. The van der Waals surface area contributed by atoms with Crippen molar-refractivity contribution >= 4 is 21.6 Å². The van der Waals surface area contributed by atoms with E-state index in [1.54, 1.807) is 36.4 Å². The zero-order chi connectivity index (χ0) is 23.3. The van der Waals surface area contributed by atoms with Gasteiger partial charge >= 0.3 is 0 Å². The minimum absolute atomic E-state index is 0.107. The van der Waals surface area contributed by atoms with Crippen LogP contribution in [0.25, 0.3) is 0 Å². The van der Waals surface area contributed by atoms with Crippen molar-refractivity contribution in [3.63, 3.8) is 0 Å². The third kappa shape index (κ3) is 5.29. The van der Waals surface area contributed by atoms with Gasteiger partial charge in [0.1, 0.15) is 12.3 Å². The van der Waals surface area contributed by atoms with Gasteiger partial charge in [-0.15, -0.1) is 0 Å². The molecule has 168 valence electrons. The summed E-state index contributed by atoms with van der Waals surface area (Å²) in [4.78, 5) is 13.1. The van der Waals surface area contributed by atoms with E-state index in [-0.39, 0.29) is 17.5 Å². The molecule has 0 bridgehead atoms. The number of rotatable bonds is 8. The quantitative estimate of drug-likeness (QED) is 0.550. The highest BCUT2D eigenvalue weighted by molar-refractivity contribution is 7.92. The van der Waals surface area contributed by atoms with Gasteiger partial charge in [-0.3, -0.25) is 9.10 Å². The van der Waals surface area contributed by atoms with Crippen molar-refractivity contribution in [1.29, 1.82) is 0 Å². The standard InChI is InChI=1S/C25H28N2O4S/c1-18-10-13-22(14-11-18)32(29,30)27(23-16-19(2)12-15-24(23)31-4)17-25(28)26-20(3)21-8-6-5-7-9-21/h5-16,20H,17H2,1-4H3,(H,26,28)/t20-/m1/s1. The van der Waals surface area contributed by atoms with Crippen LogP contribution in [0.5, 0.6) is 5.75 Å². The number of amides is 1. The number of sulfonamides is 1. The fraction of sp³-hybridized carbons (Fsp3) is 0.240. The summed E-state index contributed by atoms with van der Waals surface area (Å²) in [6, 6.07) is 21.0. The molecule has 0 unspecified atom stereocenters. The van der Waals surface area contributed by atoms with Gasteiger partial charge in [0.15, 0.2) is 0 Å². The minimum Gasteiger partial charge on any atom is -0.495 e. The Balaban J connectivity index is 1.98. The topological polar surface area (TPSA) is 75.7 Å². The maximum absolute atomic E-state index is 13.6. The van der Waals surface area contributed by atoms with Crippen LogP contribution < -0.4 is 14.4 Å². The molecule has 0 aliphatic rings. The number of methoxy groups -OCH3 is 1. The Labute approximate surface area is 189 Å². The van der Waals surface area contributed by atoms with E-state index in [0.29, 0.717) is 11.4 Å². The summed E-state index contributed by atoms with van der Waals surface area (Å²) in [5.74, 6) is -0.0456. The molecule has 0 saturated heterocycles. The zero-order valence-corrected chi connectivity index (χ0v) is 19.5. The fourth-order valence-electron chi connectivity index (χ4n) is 3.37. The van der Waals surface area contributed by atoms with E-state index in [4.69, 9.17) is 4.74 Å². The molecular formula is C25H28N2O4S. The van der Waals surface area contributed by atoms with Crippen molar-refractivity contribution in [3.8, 4) is 5.75 Å². The second kappa shape index (κ2) is 9.87. The summed E-state index contributed by atoms with van der Waals surface area (Å²) in [6.07, 6.45) is 0. The van der Waals surface area contributed by atoms with Crippen molar-refractivity contribution in [2.24, 2.45) is 0 Å². The van der Waals surface area contributed by atoms with Crippen molar-refractivity contribution in [3.05, 3.63) is 89.5 Å². The van der Waals surface area contributed by atoms with Crippen LogP contribution >= 0.6 is 0 Å². The number of aryl methyl sites for hydroxylation is 2. The highest BCUT2D eigenvalue weighted by atomic mass is 32.2. The summed E-state index contributed by atoms with van der Waals surface area (Å²) in [5, 5.41) is 2.90. The lowest BCUT2D eigenvalue weighted by atomic mass is 10.1. The highest BCUT2D eigenvalue weighted by Gasteiger charge is 2.30. The maximum Gasteiger partial charge on any atom is 0.264 e. The number of nitrogens with one attached hydrogen (secondary N) is 1. The maximum atomic E-state index is 13.6. The van der Waals surface area contributed by atoms with Crippen LogP contribution in [-0.4, -0.2) is 28.0 Å². The molecule has 1 amide bonds. The summed E-state index contributed by atoms with van der Waals surface area (Å²) < 4.78 is 33.7. The van der Waals surface area contributed by atoms with E-state index >= 15 is 0 Å².